The van der Waals surface area contributed by atoms with E-state index in [2.05, 4.69) is 10.8 Å². The van der Waals surface area contributed by atoms with E-state index < -0.39 is 11.3 Å². The van der Waals surface area contributed by atoms with Crippen LogP contribution >= 0.6 is 0 Å². The number of hydrogen-bond donors (Lipinski definition) is 2. The van der Waals surface area contributed by atoms with Crippen LogP contribution in [0.1, 0.15) is 19.8 Å². The van der Waals surface area contributed by atoms with E-state index in [0.29, 0.717) is 19.5 Å². The lowest BCUT2D eigenvalue weighted by atomic mass is 9.88. The summed E-state index contributed by atoms with van der Waals surface area (Å²) in [7, 11) is 0. The highest BCUT2D eigenvalue weighted by Gasteiger charge is 2.66. The maximum Gasteiger partial charge on any atom is 0.248 e. The molecule has 0 aromatic carbocycles. The van der Waals surface area contributed by atoms with Gasteiger partial charge in [0, 0.05) is 13.3 Å². The van der Waals surface area contributed by atoms with Crippen molar-refractivity contribution < 1.29 is 14.4 Å². The highest BCUT2D eigenvalue weighted by atomic mass is 16.7. The van der Waals surface area contributed by atoms with Crippen LogP contribution in [-0.2, 0) is 14.4 Å². The van der Waals surface area contributed by atoms with E-state index in [1.165, 1.54) is 6.92 Å². The number of β-lactam (4-membered cyclic amide) rings is 1. The van der Waals surface area contributed by atoms with Gasteiger partial charge in [-0.1, -0.05) is 0 Å². The average molecular weight is 211 g/mol. The molecule has 0 bridgehead atoms. The Morgan fingerprint density at radius 1 is 1.47 bits per heavy atom. The Labute approximate surface area is 86.9 Å². The molecule has 0 saturated carbocycles. The van der Waals surface area contributed by atoms with Crippen molar-refractivity contribution in [1.82, 2.24) is 15.7 Å². The lowest BCUT2D eigenvalue weighted by molar-refractivity contribution is -0.272. The minimum Gasteiger partial charge on any atom is -0.351 e. The van der Waals surface area contributed by atoms with Crippen LogP contribution in [0.5, 0.6) is 0 Å². The van der Waals surface area contributed by atoms with Crippen LogP contribution < -0.4 is 10.8 Å². The predicted octanol–water partition coefficient (Wildman–Crippen LogP) is -1.27. The molecule has 3 rings (SSSR count). The Morgan fingerprint density at radius 2 is 2.20 bits per heavy atom. The second kappa shape index (κ2) is 2.51. The minimum atomic E-state index is -0.631. The summed E-state index contributed by atoms with van der Waals surface area (Å²) in [6.07, 6.45) is 1.42. The fourth-order valence-corrected chi connectivity index (χ4v) is 2.85. The lowest BCUT2D eigenvalue weighted by Gasteiger charge is -2.52. The van der Waals surface area contributed by atoms with Gasteiger partial charge in [0.2, 0.25) is 11.8 Å². The molecule has 0 aromatic heterocycles. The number of hydroxylamine groups is 1. The van der Waals surface area contributed by atoms with E-state index in [0.717, 1.165) is 6.42 Å². The lowest BCUT2D eigenvalue weighted by Crippen LogP contribution is -2.77. The zero-order valence-electron chi connectivity index (χ0n) is 8.50. The second-order valence-corrected chi connectivity index (χ2v) is 4.44. The monoisotopic (exact) mass is 211 g/mol. The number of hydrogen-bond acceptors (Lipinski definition) is 4. The number of likely N-dealkylation sites (tertiary alicyclic amines) is 1. The van der Waals surface area contributed by atoms with E-state index in [-0.39, 0.29) is 11.8 Å². The number of carbonyl (C=O) groups is 2. The van der Waals surface area contributed by atoms with Crippen molar-refractivity contribution in [3.63, 3.8) is 0 Å². The van der Waals surface area contributed by atoms with Crippen molar-refractivity contribution in [2.45, 2.75) is 31.0 Å². The summed E-state index contributed by atoms with van der Waals surface area (Å²) in [6, 6.07) is 0. The molecule has 2 amide bonds. The second-order valence-electron chi connectivity index (χ2n) is 4.44. The fourth-order valence-electron chi connectivity index (χ4n) is 2.85. The molecule has 2 N–H and O–H groups in total. The van der Waals surface area contributed by atoms with Crippen molar-refractivity contribution >= 4 is 11.8 Å². The summed E-state index contributed by atoms with van der Waals surface area (Å²) in [6.45, 7) is 2.65. The minimum absolute atomic E-state index is 0.0509. The zero-order chi connectivity index (χ0) is 10.7. The van der Waals surface area contributed by atoms with Gasteiger partial charge in [0.25, 0.3) is 0 Å². The molecule has 3 aliphatic heterocycles. The van der Waals surface area contributed by atoms with Gasteiger partial charge in [0.05, 0.1) is 13.1 Å². The van der Waals surface area contributed by atoms with Gasteiger partial charge in [-0.15, -0.1) is 0 Å². The Kier molecular flexibility index (Phi) is 1.52. The number of nitrogens with zero attached hydrogens (tertiary/aromatic N) is 1. The highest BCUT2D eigenvalue weighted by molar-refractivity contribution is 5.97. The van der Waals surface area contributed by atoms with Crippen molar-refractivity contribution in [1.29, 1.82) is 0 Å². The van der Waals surface area contributed by atoms with Crippen molar-refractivity contribution in [3.8, 4) is 0 Å². The summed E-state index contributed by atoms with van der Waals surface area (Å²) in [4.78, 5) is 30.2. The number of amides is 2. The first-order valence-electron chi connectivity index (χ1n) is 5.11. The smallest absolute Gasteiger partial charge is 0.248 e. The van der Waals surface area contributed by atoms with E-state index >= 15 is 0 Å². The van der Waals surface area contributed by atoms with Gasteiger partial charge in [-0.05, 0) is 6.42 Å². The largest absolute Gasteiger partial charge is 0.351 e. The number of carbonyl (C=O) groups excluding carboxylic acids is 2. The highest BCUT2D eigenvalue weighted by Crippen LogP contribution is 2.46. The molecule has 6 nitrogen and oxygen atoms in total. The molecule has 3 fully saturated rings. The molecule has 2 unspecified atom stereocenters. The van der Waals surface area contributed by atoms with Gasteiger partial charge in [-0.2, -0.15) is 5.48 Å². The van der Waals surface area contributed by atoms with Gasteiger partial charge >= 0.3 is 0 Å². The molecule has 3 saturated heterocycles. The Bertz CT molecular complexity index is 353. The van der Waals surface area contributed by atoms with E-state index in [9.17, 15) is 9.59 Å². The van der Waals surface area contributed by atoms with Crippen LogP contribution in [-0.4, -0.2) is 41.1 Å². The predicted molar refractivity (Wildman–Crippen MR) is 49.3 cm³/mol. The molecule has 2 atom stereocenters. The standard InChI is InChI=1S/C9H13N3O3/c1-6(13)12-8(4-10-7(8)14)2-3-9(12)5-11-15-9/h11H,2-5H2,1H3,(H,10,14). The molecule has 15 heavy (non-hydrogen) atoms. The Morgan fingerprint density at radius 3 is 2.53 bits per heavy atom. The van der Waals surface area contributed by atoms with Crippen LogP contribution in [0.4, 0.5) is 0 Å². The summed E-state index contributed by atoms with van der Waals surface area (Å²) >= 11 is 0. The number of rotatable bonds is 0. The maximum absolute atomic E-state index is 11.6. The quantitative estimate of drug-likeness (QED) is 0.490. The number of nitrogens with one attached hydrogen (secondary N) is 2. The molecule has 0 radical (unpaired) electrons. The first-order valence-corrected chi connectivity index (χ1v) is 5.11. The Hall–Kier alpha value is -1.14. The van der Waals surface area contributed by atoms with Gasteiger partial charge in [0.15, 0.2) is 5.72 Å². The third-order valence-corrected chi connectivity index (χ3v) is 3.65. The maximum atomic E-state index is 11.6. The van der Waals surface area contributed by atoms with E-state index in [1.54, 1.807) is 4.90 Å². The normalized spacial score (nSPS) is 42.7. The molecule has 6 heteroatoms. The summed E-state index contributed by atoms with van der Waals surface area (Å²) < 4.78 is 0. The summed E-state index contributed by atoms with van der Waals surface area (Å²) in [5.41, 5.74) is 1.51. The SMILES string of the molecule is CC(=O)N1C2(CCC13CNC3=O)CNO2. The summed E-state index contributed by atoms with van der Waals surface area (Å²) in [5.74, 6) is -0.145. The van der Waals surface area contributed by atoms with Crippen LogP contribution in [0, 0.1) is 0 Å². The van der Waals surface area contributed by atoms with Crippen molar-refractivity contribution in [2.75, 3.05) is 13.1 Å². The molecule has 2 spiro atoms. The van der Waals surface area contributed by atoms with Crippen molar-refractivity contribution in [2.24, 2.45) is 0 Å². The first kappa shape index (κ1) is 9.11. The first-order chi connectivity index (χ1) is 7.11. The molecule has 3 heterocycles. The average Bonchev–Trinajstić information content (AvgIpc) is 2.52. The van der Waals surface area contributed by atoms with E-state index in [1.807, 2.05) is 0 Å². The molecular formula is C9H13N3O3. The van der Waals surface area contributed by atoms with E-state index in [4.69, 9.17) is 4.84 Å². The molecule has 0 aliphatic carbocycles. The molecular weight excluding hydrogens is 198 g/mol. The van der Waals surface area contributed by atoms with Gasteiger partial charge in [-0.3, -0.25) is 19.3 Å². The van der Waals surface area contributed by atoms with Gasteiger partial charge in [0.1, 0.15) is 5.54 Å². The Balaban J connectivity index is 1.98. The van der Waals surface area contributed by atoms with Crippen molar-refractivity contribution in [3.05, 3.63) is 0 Å². The third-order valence-electron chi connectivity index (χ3n) is 3.65. The summed E-state index contributed by atoms with van der Waals surface area (Å²) in [5, 5.41) is 2.70. The molecule has 0 aromatic rings. The molecule has 82 valence electrons. The van der Waals surface area contributed by atoms with Gasteiger partial charge < -0.3 is 5.32 Å². The van der Waals surface area contributed by atoms with Crippen LogP contribution in [0.25, 0.3) is 0 Å². The molecule has 3 aliphatic rings. The van der Waals surface area contributed by atoms with Crippen LogP contribution in [0.3, 0.4) is 0 Å². The zero-order valence-corrected chi connectivity index (χ0v) is 8.50. The topological polar surface area (TPSA) is 70.7 Å². The van der Waals surface area contributed by atoms with Gasteiger partial charge in [-0.25, -0.2) is 0 Å². The van der Waals surface area contributed by atoms with Crippen LogP contribution in [0.2, 0.25) is 0 Å². The fraction of sp³-hybridized carbons (Fsp3) is 0.778. The van der Waals surface area contributed by atoms with Crippen LogP contribution in [0.15, 0.2) is 0 Å². The third kappa shape index (κ3) is 0.866.